The van der Waals surface area contributed by atoms with E-state index in [4.69, 9.17) is 4.18 Å². The van der Waals surface area contributed by atoms with Gasteiger partial charge in [0.25, 0.3) is 10.1 Å². The third kappa shape index (κ3) is 3.84. The Bertz CT molecular complexity index is 346. The maximum Gasteiger partial charge on any atom is 0.287 e. The maximum absolute atomic E-state index is 11.3. The monoisotopic (exact) mass is 219 g/mol. The van der Waals surface area contributed by atoms with Gasteiger partial charge >= 0.3 is 0 Å². The first-order valence-electron chi connectivity index (χ1n) is 4.33. The zero-order valence-electron chi connectivity index (χ0n) is 7.96. The van der Waals surface area contributed by atoms with Crippen LogP contribution < -0.4 is 0 Å². The summed E-state index contributed by atoms with van der Waals surface area (Å²) >= 11 is 0. The van der Waals surface area contributed by atoms with E-state index in [1.165, 1.54) is 17.3 Å². The lowest BCUT2D eigenvalue weighted by Gasteiger charge is -2.03. The normalized spacial score (nSPS) is 11.8. The van der Waals surface area contributed by atoms with E-state index in [0.29, 0.717) is 0 Å². The lowest BCUT2D eigenvalue weighted by molar-refractivity contribution is 0.305. The molecule has 14 heavy (non-hydrogen) atoms. The molecule has 0 saturated carbocycles. The Morgan fingerprint density at radius 2 is 2.29 bits per heavy atom. The summed E-state index contributed by atoms with van der Waals surface area (Å²) in [5, 5.41) is 3.68. The first-order valence-corrected chi connectivity index (χ1v) is 5.91. The molecule has 7 heteroatoms. The van der Waals surface area contributed by atoms with Crippen molar-refractivity contribution in [2.45, 2.75) is 25.6 Å². The Labute approximate surface area is 83.0 Å². The molecular weight excluding hydrogens is 206 g/mol. The van der Waals surface area contributed by atoms with Gasteiger partial charge in [0.15, 0.2) is 5.88 Å². The van der Waals surface area contributed by atoms with E-state index in [-0.39, 0.29) is 12.5 Å². The molecule has 0 bridgehead atoms. The molecule has 1 heterocycles. The van der Waals surface area contributed by atoms with Crippen molar-refractivity contribution in [3.63, 3.8) is 0 Å². The SMILES string of the molecule is CCCCOS(=O)(=O)Cn1cncn1. The van der Waals surface area contributed by atoms with Crippen molar-refractivity contribution in [3.8, 4) is 0 Å². The van der Waals surface area contributed by atoms with Crippen LogP contribution in [0, 0.1) is 0 Å². The lowest BCUT2D eigenvalue weighted by atomic mass is 10.4. The van der Waals surface area contributed by atoms with Crippen LogP contribution in [0.5, 0.6) is 0 Å². The summed E-state index contributed by atoms with van der Waals surface area (Å²) in [5.41, 5.74) is 0. The fraction of sp³-hybridized carbons (Fsp3) is 0.714. The molecule has 0 unspecified atom stereocenters. The summed E-state index contributed by atoms with van der Waals surface area (Å²) in [4.78, 5) is 3.63. The quantitative estimate of drug-likeness (QED) is 0.511. The largest absolute Gasteiger partial charge is 0.287 e. The molecule has 0 aliphatic heterocycles. The Kier molecular flexibility index (Phi) is 4.02. The van der Waals surface area contributed by atoms with Crippen LogP contribution in [0.15, 0.2) is 12.7 Å². The molecule has 0 aliphatic rings. The van der Waals surface area contributed by atoms with Crippen molar-refractivity contribution in [1.29, 1.82) is 0 Å². The minimum Gasteiger partial charge on any atom is -0.269 e. The van der Waals surface area contributed by atoms with Crippen molar-refractivity contribution >= 4 is 10.1 Å². The van der Waals surface area contributed by atoms with Gasteiger partial charge in [0.2, 0.25) is 0 Å². The van der Waals surface area contributed by atoms with Gasteiger partial charge in [0, 0.05) is 0 Å². The van der Waals surface area contributed by atoms with Crippen LogP contribution >= 0.6 is 0 Å². The molecule has 80 valence electrons. The van der Waals surface area contributed by atoms with Crippen molar-refractivity contribution in [3.05, 3.63) is 12.7 Å². The van der Waals surface area contributed by atoms with Gasteiger partial charge < -0.3 is 0 Å². The molecule has 0 radical (unpaired) electrons. The van der Waals surface area contributed by atoms with Crippen LogP contribution in [0.25, 0.3) is 0 Å². The smallest absolute Gasteiger partial charge is 0.269 e. The highest BCUT2D eigenvalue weighted by Crippen LogP contribution is 1.99. The van der Waals surface area contributed by atoms with Gasteiger partial charge in [-0.25, -0.2) is 9.67 Å². The number of nitrogens with zero attached hydrogens (tertiary/aromatic N) is 3. The summed E-state index contributed by atoms with van der Waals surface area (Å²) in [5.74, 6) is -0.281. The maximum atomic E-state index is 11.3. The first-order chi connectivity index (χ1) is 6.64. The van der Waals surface area contributed by atoms with Gasteiger partial charge in [-0.05, 0) is 6.42 Å². The van der Waals surface area contributed by atoms with Gasteiger partial charge in [-0.3, -0.25) is 4.18 Å². The highest BCUT2D eigenvalue weighted by atomic mass is 32.2. The molecule has 0 fully saturated rings. The van der Waals surface area contributed by atoms with Gasteiger partial charge in [0.05, 0.1) is 6.61 Å². The van der Waals surface area contributed by atoms with E-state index < -0.39 is 10.1 Å². The van der Waals surface area contributed by atoms with Crippen LogP contribution in [0.3, 0.4) is 0 Å². The predicted molar refractivity (Wildman–Crippen MR) is 49.8 cm³/mol. The summed E-state index contributed by atoms with van der Waals surface area (Å²) in [6, 6.07) is 0. The second kappa shape index (κ2) is 5.06. The summed E-state index contributed by atoms with van der Waals surface area (Å²) in [6.45, 7) is 2.20. The Hall–Kier alpha value is -0.950. The second-order valence-electron chi connectivity index (χ2n) is 2.80. The zero-order valence-corrected chi connectivity index (χ0v) is 8.77. The first kappa shape index (κ1) is 11.1. The Morgan fingerprint density at radius 3 is 2.86 bits per heavy atom. The van der Waals surface area contributed by atoms with Gasteiger partial charge in [-0.1, -0.05) is 13.3 Å². The molecule has 6 nitrogen and oxygen atoms in total. The number of rotatable bonds is 6. The highest BCUT2D eigenvalue weighted by Gasteiger charge is 2.11. The third-order valence-corrected chi connectivity index (χ3v) is 2.62. The molecule has 0 aliphatic carbocycles. The van der Waals surface area contributed by atoms with Crippen molar-refractivity contribution in [1.82, 2.24) is 14.8 Å². The molecular formula is C7H13N3O3S. The standard InChI is InChI=1S/C7H13N3O3S/c1-2-3-4-13-14(11,12)7-10-6-8-5-9-10/h5-6H,2-4,7H2,1H3. The van der Waals surface area contributed by atoms with E-state index >= 15 is 0 Å². The molecule has 1 rings (SSSR count). The van der Waals surface area contributed by atoms with Crippen LogP contribution in [0.1, 0.15) is 19.8 Å². The Balaban J connectivity index is 2.42. The molecule has 1 aromatic heterocycles. The van der Waals surface area contributed by atoms with Crippen molar-refractivity contribution in [2.75, 3.05) is 6.61 Å². The van der Waals surface area contributed by atoms with Crippen molar-refractivity contribution < 1.29 is 12.6 Å². The van der Waals surface area contributed by atoms with Gasteiger partial charge in [-0.15, -0.1) is 0 Å². The molecule has 0 spiro atoms. The minimum absolute atomic E-state index is 0.230. The minimum atomic E-state index is -3.52. The summed E-state index contributed by atoms with van der Waals surface area (Å²) < 4.78 is 28.5. The van der Waals surface area contributed by atoms with Crippen molar-refractivity contribution in [2.24, 2.45) is 0 Å². The average molecular weight is 219 g/mol. The van der Waals surface area contributed by atoms with Crippen LogP contribution in [-0.2, 0) is 20.2 Å². The Morgan fingerprint density at radius 1 is 1.50 bits per heavy atom. The van der Waals surface area contributed by atoms with E-state index in [0.717, 1.165) is 12.8 Å². The van der Waals surface area contributed by atoms with Gasteiger partial charge in [-0.2, -0.15) is 13.5 Å². The summed E-state index contributed by atoms with van der Waals surface area (Å²) in [7, 11) is -3.52. The van der Waals surface area contributed by atoms with Gasteiger partial charge in [0.1, 0.15) is 12.7 Å². The number of hydrogen-bond acceptors (Lipinski definition) is 5. The topological polar surface area (TPSA) is 74.1 Å². The number of unbranched alkanes of at least 4 members (excludes halogenated alkanes) is 1. The molecule has 0 aromatic carbocycles. The fourth-order valence-electron chi connectivity index (χ4n) is 0.829. The second-order valence-corrected chi connectivity index (χ2v) is 4.41. The van der Waals surface area contributed by atoms with E-state index in [1.54, 1.807) is 0 Å². The fourth-order valence-corrected chi connectivity index (χ4v) is 1.73. The molecule has 1 aromatic rings. The number of aromatic nitrogens is 3. The molecule has 0 amide bonds. The van der Waals surface area contributed by atoms with Crippen LogP contribution in [0.4, 0.5) is 0 Å². The zero-order chi connectivity index (χ0) is 10.4. The van der Waals surface area contributed by atoms with Crippen LogP contribution in [0.2, 0.25) is 0 Å². The average Bonchev–Trinajstić information content (AvgIpc) is 2.56. The molecule has 0 saturated heterocycles. The molecule has 0 atom stereocenters. The number of hydrogen-bond donors (Lipinski definition) is 0. The van der Waals surface area contributed by atoms with E-state index in [1.807, 2.05) is 6.92 Å². The predicted octanol–water partition coefficient (Wildman–Crippen LogP) is 0.382. The highest BCUT2D eigenvalue weighted by molar-refractivity contribution is 7.85. The molecule has 0 N–H and O–H groups in total. The lowest BCUT2D eigenvalue weighted by Crippen LogP contribution is -2.15. The van der Waals surface area contributed by atoms with Crippen LogP contribution in [-0.4, -0.2) is 29.8 Å². The van der Waals surface area contributed by atoms with E-state index in [2.05, 4.69) is 10.1 Å². The third-order valence-electron chi connectivity index (χ3n) is 1.52. The van der Waals surface area contributed by atoms with E-state index in [9.17, 15) is 8.42 Å². The summed E-state index contributed by atoms with van der Waals surface area (Å²) in [6.07, 6.45) is 4.25.